The minimum atomic E-state index is -0.151. The van der Waals surface area contributed by atoms with E-state index in [4.69, 9.17) is 0 Å². The maximum Gasteiger partial charge on any atom is 0.122 e. The second-order valence-electron chi connectivity index (χ2n) is 14.0. The first kappa shape index (κ1) is 32.6. The summed E-state index contributed by atoms with van der Waals surface area (Å²) in [6.45, 7) is 21.0. The molecule has 0 aliphatic carbocycles. The first-order chi connectivity index (χ1) is 19.3. The van der Waals surface area contributed by atoms with E-state index < -0.39 is 0 Å². The van der Waals surface area contributed by atoms with Gasteiger partial charge in [0.2, 0.25) is 0 Å². The summed E-state index contributed by atoms with van der Waals surface area (Å²) in [6.07, 6.45) is 0.521. The van der Waals surface area contributed by atoms with Gasteiger partial charge in [-0.2, -0.15) is 0 Å². The maximum atomic E-state index is 10.8. The fourth-order valence-electron chi connectivity index (χ4n) is 5.25. The second-order valence-corrected chi connectivity index (χ2v) is 14.0. The molecule has 4 aromatic carbocycles. The highest BCUT2D eigenvalue weighted by Gasteiger charge is 2.25. The summed E-state index contributed by atoms with van der Waals surface area (Å²) >= 11 is 0. The fraction of sp³-hybridized carbons (Fsp3) is 0.368. The molecule has 0 aliphatic rings. The minimum absolute atomic E-state index is 0.129. The lowest BCUT2D eigenvalue weighted by molar-refractivity contribution is 0.435. The lowest BCUT2D eigenvalue weighted by atomic mass is 9.78. The number of hydrogen-bond donors (Lipinski definition) is 4. The van der Waals surface area contributed by atoms with Crippen LogP contribution in [0.1, 0.15) is 99.9 Å². The first-order valence-electron chi connectivity index (χ1n) is 14.6. The third kappa shape index (κ3) is 7.67. The zero-order valence-corrected chi connectivity index (χ0v) is 26.9. The third-order valence-electron chi connectivity index (χ3n) is 7.84. The van der Waals surface area contributed by atoms with E-state index in [0.717, 1.165) is 44.5 Å². The molecule has 4 rings (SSSR count). The summed E-state index contributed by atoms with van der Waals surface area (Å²) in [5, 5.41) is 40.2. The molecule has 0 spiro atoms. The van der Waals surface area contributed by atoms with Crippen molar-refractivity contribution in [2.24, 2.45) is 0 Å². The molecular weight excluding hydrogens is 520 g/mol. The Bertz CT molecular complexity index is 1400. The molecule has 224 valence electrons. The van der Waals surface area contributed by atoms with E-state index in [9.17, 15) is 20.4 Å². The van der Waals surface area contributed by atoms with E-state index in [1.807, 2.05) is 36.4 Å². The van der Waals surface area contributed by atoms with E-state index >= 15 is 0 Å². The van der Waals surface area contributed by atoms with Crippen molar-refractivity contribution in [3.05, 3.63) is 117 Å². The molecule has 4 aromatic rings. The smallest absolute Gasteiger partial charge is 0.122 e. The lowest BCUT2D eigenvalue weighted by Crippen LogP contribution is -2.18. The summed E-state index contributed by atoms with van der Waals surface area (Å²) in [7, 11) is 0. The zero-order chi connectivity index (χ0) is 31.6. The SMILES string of the molecule is CC(C)(c1ccc(O)cc1)c1ccc(O)cc1.Cc1cc(Cc2cc(C)cc(C(C)(C)C)c2O)c(O)c(C(C)(C)C)c1. The van der Waals surface area contributed by atoms with Crippen molar-refractivity contribution in [2.45, 2.75) is 91.9 Å². The van der Waals surface area contributed by atoms with Gasteiger partial charge in [0, 0.05) is 11.8 Å². The van der Waals surface area contributed by atoms with E-state index in [1.54, 1.807) is 24.3 Å². The Morgan fingerprint density at radius 2 is 0.786 bits per heavy atom. The van der Waals surface area contributed by atoms with Gasteiger partial charge in [-0.15, -0.1) is 0 Å². The van der Waals surface area contributed by atoms with Crippen LogP contribution in [0.3, 0.4) is 0 Å². The van der Waals surface area contributed by atoms with Crippen molar-refractivity contribution in [3.63, 3.8) is 0 Å². The molecule has 0 aromatic heterocycles. The standard InChI is InChI=1S/C23H32O2.C15H16O2/c1-14-9-16(20(24)18(11-14)22(3,4)5)13-17-10-15(2)12-19(21(17)25)23(6,7)8;1-15(2,11-3-7-13(16)8-4-11)12-5-9-14(17)10-6-12/h9-12,24-25H,13H2,1-8H3;3-10,16-17H,1-2H3. The van der Waals surface area contributed by atoms with E-state index in [2.05, 4.69) is 81.4 Å². The molecule has 42 heavy (non-hydrogen) atoms. The molecule has 0 fully saturated rings. The van der Waals surface area contributed by atoms with Crippen molar-refractivity contribution in [1.82, 2.24) is 0 Å². The molecule has 0 unspecified atom stereocenters. The van der Waals surface area contributed by atoms with Gasteiger partial charge in [0.15, 0.2) is 0 Å². The summed E-state index contributed by atoms with van der Waals surface area (Å²) in [5.74, 6) is 1.23. The molecule has 0 heterocycles. The van der Waals surface area contributed by atoms with E-state index in [1.165, 1.54) is 0 Å². The topological polar surface area (TPSA) is 80.9 Å². The van der Waals surface area contributed by atoms with Crippen molar-refractivity contribution < 1.29 is 20.4 Å². The van der Waals surface area contributed by atoms with Crippen molar-refractivity contribution in [3.8, 4) is 23.0 Å². The molecule has 0 atom stereocenters. The van der Waals surface area contributed by atoms with Gasteiger partial charge in [0.05, 0.1) is 0 Å². The van der Waals surface area contributed by atoms with Crippen molar-refractivity contribution in [2.75, 3.05) is 0 Å². The van der Waals surface area contributed by atoms with Crippen molar-refractivity contribution in [1.29, 1.82) is 0 Å². The quantitative estimate of drug-likeness (QED) is 0.198. The molecule has 0 radical (unpaired) electrons. The predicted octanol–water partition coefficient (Wildman–Crippen LogP) is 9.32. The fourth-order valence-corrected chi connectivity index (χ4v) is 5.25. The van der Waals surface area contributed by atoms with Crippen LogP contribution in [0.4, 0.5) is 0 Å². The van der Waals surface area contributed by atoms with Crippen LogP contribution >= 0.6 is 0 Å². The highest BCUT2D eigenvalue weighted by atomic mass is 16.3. The van der Waals surface area contributed by atoms with Crippen LogP contribution in [0, 0.1) is 13.8 Å². The number of benzene rings is 4. The number of rotatable bonds is 4. The molecule has 4 heteroatoms. The van der Waals surface area contributed by atoms with Crippen LogP contribution in [-0.4, -0.2) is 20.4 Å². The van der Waals surface area contributed by atoms with Crippen LogP contribution in [0.2, 0.25) is 0 Å². The molecule has 4 N–H and O–H groups in total. The van der Waals surface area contributed by atoms with Gasteiger partial charge < -0.3 is 20.4 Å². The summed E-state index contributed by atoms with van der Waals surface area (Å²) in [6, 6.07) is 22.6. The molecule has 0 saturated heterocycles. The van der Waals surface area contributed by atoms with Gasteiger partial charge in [0.25, 0.3) is 0 Å². The van der Waals surface area contributed by atoms with Crippen LogP contribution < -0.4 is 0 Å². The Labute approximate surface area is 252 Å². The Morgan fingerprint density at radius 1 is 0.476 bits per heavy atom. The zero-order valence-electron chi connectivity index (χ0n) is 26.9. The molecule has 0 bridgehead atoms. The summed E-state index contributed by atoms with van der Waals surface area (Å²) in [4.78, 5) is 0. The molecule has 0 aliphatic heterocycles. The Morgan fingerprint density at radius 3 is 1.07 bits per heavy atom. The van der Waals surface area contributed by atoms with Gasteiger partial charge in [-0.1, -0.05) is 115 Å². The van der Waals surface area contributed by atoms with Gasteiger partial charge >= 0.3 is 0 Å². The Hall–Kier alpha value is -3.92. The Balaban J connectivity index is 0.000000247. The van der Waals surface area contributed by atoms with Gasteiger partial charge in [-0.25, -0.2) is 0 Å². The molecule has 0 saturated carbocycles. The van der Waals surface area contributed by atoms with Crippen molar-refractivity contribution >= 4 is 0 Å². The number of phenols is 4. The number of phenolic OH excluding ortho intramolecular Hbond substituents is 4. The predicted molar refractivity (Wildman–Crippen MR) is 174 cm³/mol. The maximum absolute atomic E-state index is 10.8. The molecule has 0 amide bonds. The van der Waals surface area contributed by atoms with Gasteiger partial charge in [0.1, 0.15) is 23.0 Å². The molecule has 4 nitrogen and oxygen atoms in total. The van der Waals surface area contributed by atoms with Crippen LogP contribution in [0.25, 0.3) is 0 Å². The number of aromatic hydroxyl groups is 4. The van der Waals surface area contributed by atoms with Crippen LogP contribution in [0.15, 0.2) is 72.8 Å². The van der Waals surface area contributed by atoms with Crippen LogP contribution in [0.5, 0.6) is 23.0 Å². The minimum Gasteiger partial charge on any atom is -0.508 e. The highest BCUT2D eigenvalue weighted by molar-refractivity contribution is 5.53. The van der Waals surface area contributed by atoms with E-state index in [-0.39, 0.29) is 27.7 Å². The summed E-state index contributed by atoms with van der Waals surface area (Å²) < 4.78 is 0. The third-order valence-corrected chi connectivity index (χ3v) is 7.84. The normalized spacial score (nSPS) is 12.0. The Kier molecular flexibility index (Phi) is 9.41. The summed E-state index contributed by atoms with van der Waals surface area (Å²) in [5.41, 5.74) is 7.73. The van der Waals surface area contributed by atoms with E-state index in [0.29, 0.717) is 17.9 Å². The van der Waals surface area contributed by atoms with Gasteiger partial charge in [-0.3, -0.25) is 0 Å². The number of hydrogen-bond acceptors (Lipinski definition) is 4. The van der Waals surface area contributed by atoms with Gasteiger partial charge in [-0.05, 0) is 82.3 Å². The monoisotopic (exact) mass is 568 g/mol. The lowest BCUT2D eigenvalue weighted by Gasteiger charge is -2.26. The molecular formula is C38H48O4. The first-order valence-corrected chi connectivity index (χ1v) is 14.6. The number of aryl methyl sites for hydroxylation is 2. The van der Waals surface area contributed by atoms with Crippen LogP contribution in [-0.2, 0) is 22.7 Å². The average Bonchev–Trinajstić information content (AvgIpc) is 2.87. The highest BCUT2D eigenvalue weighted by Crippen LogP contribution is 2.39. The average molecular weight is 569 g/mol. The second kappa shape index (κ2) is 12.1. The largest absolute Gasteiger partial charge is 0.508 e.